The molecule has 25 heavy (non-hydrogen) atoms. The molecule has 0 fully saturated rings. The molecule has 1 atom stereocenters. The van der Waals surface area contributed by atoms with Crippen molar-refractivity contribution in [3.05, 3.63) is 64.7 Å². The number of aryl methyl sites for hydroxylation is 1. The third-order valence-electron chi connectivity index (χ3n) is 4.09. The molecule has 0 aliphatic carbocycles. The molecule has 0 bridgehead atoms. The monoisotopic (exact) mass is 342 g/mol. The summed E-state index contributed by atoms with van der Waals surface area (Å²) in [4.78, 5) is 12.2. The summed E-state index contributed by atoms with van der Waals surface area (Å²) in [6, 6.07) is 12.6. The van der Waals surface area contributed by atoms with E-state index in [0.717, 1.165) is 11.1 Å². The number of amides is 1. The molecule has 2 rings (SSSR count). The molecule has 0 saturated heterocycles. The van der Waals surface area contributed by atoms with Crippen LogP contribution in [0.3, 0.4) is 0 Å². The Hall–Kier alpha value is -2.35. The molecular formula is C18H23BN2O4. The SMILES string of the molecule is Cc1cccc(C[C@H](NC(=O)Cc2ccc(CN)cc2)B(O)O)c1O. The van der Waals surface area contributed by atoms with Crippen molar-refractivity contribution in [1.82, 2.24) is 5.32 Å². The van der Waals surface area contributed by atoms with E-state index in [9.17, 15) is 19.9 Å². The average molecular weight is 342 g/mol. The van der Waals surface area contributed by atoms with Gasteiger partial charge in [0.05, 0.1) is 12.4 Å². The van der Waals surface area contributed by atoms with Crippen LogP contribution in [0, 0.1) is 6.92 Å². The van der Waals surface area contributed by atoms with Crippen LogP contribution in [-0.2, 0) is 24.2 Å². The van der Waals surface area contributed by atoms with E-state index in [-0.39, 0.29) is 24.5 Å². The molecule has 7 heteroatoms. The summed E-state index contributed by atoms with van der Waals surface area (Å²) >= 11 is 0. The van der Waals surface area contributed by atoms with Gasteiger partial charge in [0.25, 0.3) is 0 Å². The number of hydrogen-bond donors (Lipinski definition) is 5. The Kier molecular flexibility index (Phi) is 6.58. The van der Waals surface area contributed by atoms with Gasteiger partial charge in [-0.15, -0.1) is 0 Å². The number of nitrogens with two attached hydrogens (primary N) is 1. The van der Waals surface area contributed by atoms with Crippen LogP contribution < -0.4 is 11.1 Å². The summed E-state index contributed by atoms with van der Waals surface area (Å²) in [6.07, 6.45) is 0.233. The zero-order chi connectivity index (χ0) is 18.4. The highest BCUT2D eigenvalue weighted by atomic mass is 16.4. The maximum Gasteiger partial charge on any atom is 0.475 e. The van der Waals surface area contributed by atoms with Crippen LogP contribution in [0.15, 0.2) is 42.5 Å². The lowest BCUT2D eigenvalue weighted by atomic mass is 9.75. The highest BCUT2D eigenvalue weighted by Crippen LogP contribution is 2.22. The van der Waals surface area contributed by atoms with Crippen LogP contribution in [-0.4, -0.2) is 34.1 Å². The zero-order valence-electron chi connectivity index (χ0n) is 14.1. The quantitative estimate of drug-likeness (QED) is 0.468. The number of rotatable bonds is 7. The van der Waals surface area contributed by atoms with Gasteiger partial charge in [0.2, 0.25) is 5.91 Å². The van der Waals surface area contributed by atoms with Gasteiger partial charge in [0, 0.05) is 6.54 Å². The van der Waals surface area contributed by atoms with Gasteiger partial charge in [-0.3, -0.25) is 4.79 Å². The van der Waals surface area contributed by atoms with Crippen LogP contribution in [0.5, 0.6) is 5.75 Å². The van der Waals surface area contributed by atoms with E-state index in [1.54, 1.807) is 25.1 Å². The molecule has 0 saturated carbocycles. The Morgan fingerprint density at radius 2 is 1.80 bits per heavy atom. The van der Waals surface area contributed by atoms with Gasteiger partial charge in [-0.25, -0.2) is 0 Å². The fourth-order valence-corrected chi connectivity index (χ4v) is 2.59. The Morgan fingerprint density at radius 3 is 2.40 bits per heavy atom. The van der Waals surface area contributed by atoms with E-state index in [1.165, 1.54) is 0 Å². The van der Waals surface area contributed by atoms with E-state index in [0.29, 0.717) is 17.7 Å². The van der Waals surface area contributed by atoms with Crippen molar-refractivity contribution in [3.63, 3.8) is 0 Å². The van der Waals surface area contributed by atoms with E-state index < -0.39 is 13.1 Å². The lowest BCUT2D eigenvalue weighted by molar-refractivity contribution is -0.120. The number of para-hydroxylation sites is 1. The van der Waals surface area contributed by atoms with Gasteiger partial charge in [-0.1, -0.05) is 42.5 Å². The Bertz CT molecular complexity index is 720. The number of benzene rings is 2. The standard InChI is InChI=1S/C18H23BN2O4/c1-12-3-2-4-15(18(12)23)10-16(19(24)25)21-17(22)9-13-5-7-14(11-20)8-6-13/h2-8,16,23-25H,9-11,20H2,1H3,(H,21,22)/t16-/m0/s1. The maximum absolute atomic E-state index is 12.2. The highest BCUT2D eigenvalue weighted by Gasteiger charge is 2.26. The second-order valence-corrected chi connectivity index (χ2v) is 6.07. The van der Waals surface area contributed by atoms with Crippen molar-refractivity contribution in [2.45, 2.75) is 32.3 Å². The van der Waals surface area contributed by atoms with Crippen molar-refractivity contribution in [2.24, 2.45) is 5.73 Å². The molecule has 0 spiro atoms. The van der Waals surface area contributed by atoms with Crippen LogP contribution in [0.1, 0.15) is 22.3 Å². The molecule has 2 aromatic rings. The molecule has 0 heterocycles. The molecule has 2 aromatic carbocycles. The van der Waals surface area contributed by atoms with E-state index in [2.05, 4.69) is 5.32 Å². The number of nitrogens with one attached hydrogen (secondary N) is 1. The van der Waals surface area contributed by atoms with Crippen molar-refractivity contribution >= 4 is 13.0 Å². The molecular weight excluding hydrogens is 319 g/mol. The first-order valence-corrected chi connectivity index (χ1v) is 8.11. The third-order valence-corrected chi connectivity index (χ3v) is 4.09. The minimum atomic E-state index is -1.73. The highest BCUT2D eigenvalue weighted by molar-refractivity contribution is 6.43. The van der Waals surface area contributed by atoms with Crippen molar-refractivity contribution in [1.29, 1.82) is 0 Å². The first kappa shape index (κ1) is 19.0. The number of aromatic hydroxyl groups is 1. The second kappa shape index (κ2) is 8.66. The molecule has 0 aromatic heterocycles. The number of carbonyl (C=O) groups excluding carboxylic acids is 1. The topological polar surface area (TPSA) is 116 Å². The molecule has 0 radical (unpaired) electrons. The minimum Gasteiger partial charge on any atom is -0.507 e. The predicted molar refractivity (Wildman–Crippen MR) is 96.7 cm³/mol. The van der Waals surface area contributed by atoms with Crippen LogP contribution >= 0.6 is 0 Å². The lowest BCUT2D eigenvalue weighted by Crippen LogP contribution is -2.48. The zero-order valence-corrected chi connectivity index (χ0v) is 14.1. The summed E-state index contributed by atoms with van der Waals surface area (Å²) in [5.41, 5.74) is 8.56. The first-order valence-electron chi connectivity index (χ1n) is 8.11. The third kappa shape index (κ3) is 5.32. The van der Waals surface area contributed by atoms with Gasteiger partial charge in [0.15, 0.2) is 0 Å². The largest absolute Gasteiger partial charge is 0.507 e. The summed E-state index contributed by atoms with van der Waals surface area (Å²) in [5, 5.41) is 31.8. The van der Waals surface area contributed by atoms with Gasteiger partial charge in [-0.2, -0.15) is 0 Å². The van der Waals surface area contributed by atoms with Crippen molar-refractivity contribution in [3.8, 4) is 5.75 Å². The van der Waals surface area contributed by atoms with Crippen LogP contribution in [0.4, 0.5) is 0 Å². The van der Waals surface area contributed by atoms with Crippen LogP contribution in [0.25, 0.3) is 0 Å². The van der Waals surface area contributed by atoms with Gasteiger partial charge < -0.3 is 26.2 Å². The fraction of sp³-hybridized carbons (Fsp3) is 0.278. The normalized spacial score (nSPS) is 11.8. The Balaban J connectivity index is 2.02. The Labute approximate surface area is 147 Å². The van der Waals surface area contributed by atoms with E-state index in [4.69, 9.17) is 5.73 Å². The molecule has 0 aliphatic heterocycles. The molecule has 0 unspecified atom stereocenters. The van der Waals surface area contributed by atoms with Gasteiger partial charge in [0.1, 0.15) is 5.75 Å². The maximum atomic E-state index is 12.2. The smallest absolute Gasteiger partial charge is 0.475 e. The summed E-state index contributed by atoms with van der Waals surface area (Å²) < 4.78 is 0. The van der Waals surface area contributed by atoms with E-state index in [1.807, 2.05) is 24.3 Å². The van der Waals surface area contributed by atoms with Crippen molar-refractivity contribution in [2.75, 3.05) is 0 Å². The molecule has 6 N–H and O–H groups in total. The van der Waals surface area contributed by atoms with Crippen molar-refractivity contribution < 1.29 is 19.9 Å². The molecule has 6 nitrogen and oxygen atoms in total. The molecule has 132 valence electrons. The Morgan fingerprint density at radius 1 is 1.16 bits per heavy atom. The number of carbonyl (C=O) groups is 1. The molecule has 0 aliphatic rings. The summed E-state index contributed by atoms with van der Waals surface area (Å²) in [7, 11) is -1.73. The summed E-state index contributed by atoms with van der Waals surface area (Å²) in [6.45, 7) is 2.19. The number of phenolic OH excluding ortho intramolecular Hbond substituents is 1. The summed E-state index contributed by atoms with van der Waals surface area (Å²) in [5.74, 6) is -1.14. The van der Waals surface area contributed by atoms with E-state index >= 15 is 0 Å². The second-order valence-electron chi connectivity index (χ2n) is 6.07. The lowest BCUT2D eigenvalue weighted by Gasteiger charge is -2.19. The average Bonchev–Trinajstić information content (AvgIpc) is 2.58. The fourth-order valence-electron chi connectivity index (χ4n) is 2.59. The molecule has 1 amide bonds. The van der Waals surface area contributed by atoms with Crippen LogP contribution in [0.2, 0.25) is 0 Å². The minimum absolute atomic E-state index is 0.0970. The number of phenols is 1. The predicted octanol–water partition coefficient (Wildman–Crippen LogP) is 0.441. The van der Waals surface area contributed by atoms with Gasteiger partial charge in [-0.05, 0) is 35.6 Å². The number of hydrogen-bond acceptors (Lipinski definition) is 5. The van der Waals surface area contributed by atoms with Gasteiger partial charge >= 0.3 is 7.12 Å². The first-order chi connectivity index (χ1) is 11.9.